The Morgan fingerprint density at radius 3 is 2.29 bits per heavy atom. The van der Waals surface area contributed by atoms with Crippen LogP contribution in [0.25, 0.3) is 0 Å². The summed E-state index contributed by atoms with van der Waals surface area (Å²) in [6.45, 7) is 5.29. The molecule has 0 bridgehead atoms. The van der Waals surface area contributed by atoms with Gasteiger partial charge in [-0.05, 0) is 12.3 Å². The first-order valence-corrected chi connectivity index (χ1v) is 6.69. The molecule has 0 aromatic carbocycles. The molecule has 8 heteroatoms. The lowest BCUT2D eigenvalue weighted by Gasteiger charge is -2.42. The summed E-state index contributed by atoms with van der Waals surface area (Å²) in [5.74, 6) is -0.615. The third kappa shape index (κ3) is 4.87. The van der Waals surface area contributed by atoms with E-state index in [2.05, 4.69) is 10.1 Å². The van der Waals surface area contributed by atoms with Gasteiger partial charge in [-0.2, -0.15) is 13.2 Å². The molecule has 0 spiro atoms. The summed E-state index contributed by atoms with van der Waals surface area (Å²) >= 11 is 0. The van der Waals surface area contributed by atoms with E-state index in [-0.39, 0.29) is 25.0 Å². The van der Waals surface area contributed by atoms with Crippen LogP contribution >= 0.6 is 0 Å². The summed E-state index contributed by atoms with van der Waals surface area (Å²) < 4.78 is 40.5. The van der Waals surface area contributed by atoms with Crippen molar-refractivity contribution in [3.8, 4) is 0 Å². The zero-order valence-corrected chi connectivity index (χ0v) is 12.6. The van der Waals surface area contributed by atoms with Crippen molar-refractivity contribution in [1.29, 1.82) is 0 Å². The quantitative estimate of drug-likeness (QED) is 0.797. The van der Waals surface area contributed by atoms with E-state index in [1.54, 1.807) is 0 Å². The molecule has 0 aromatic heterocycles. The average Bonchev–Trinajstić information content (AvgIpc) is 2.30. The van der Waals surface area contributed by atoms with Gasteiger partial charge in [0, 0.05) is 6.54 Å². The van der Waals surface area contributed by atoms with Crippen LogP contribution < -0.4 is 5.32 Å². The van der Waals surface area contributed by atoms with Crippen LogP contribution in [0.2, 0.25) is 0 Å². The van der Waals surface area contributed by atoms with Crippen LogP contribution in [0.4, 0.5) is 13.2 Å². The number of rotatable bonds is 4. The van der Waals surface area contributed by atoms with Crippen LogP contribution in [0.15, 0.2) is 0 Å². The van der Waals surface area contributed by atoms with E-state index < -0.39 is 30.3 Å². The lowest BCUT2D eigenvalue weighted by atomic mass is 9.84. The lowest BCUT2D eigenvalue weighted by Crippen LogP contribution is -2.66. The average molecular weight is 310 g/mol. The van der Waals surface area contributed by atoms with Crippen LogP contribution in [0.3, 0.4) is 0 Å². The summed E-state index contributed by atoms with van der Waals surface area (Å²) in [6, 6.07) is -1.41. The Balaban J connectivity index is 2.65. The third-order valence-electron chi connectivity index (χ3n) is 3.27. The topological polar surface area (TPSA) is 58.6 Å². The molecule has 2 unspecified atom stereocenters. The van der Waals surface area contributed by atoms with Gasteiger partial charge in [0.05, 0.1) is 6.61 Å². The standard InChI is InChI=1S/C13H21F3N2O3/c1-8-10(19)17-9(12(2,3)4)11(20)18(8)5-6-21-7-13(14,15)16/h8-9H,5-7H2,1-4H3,(H,17,19). The van der Waals surface area contributed by atoms with Gasteiger partial charge in [-0.25, -0.2) is 0 Å². The zero-order chi connectivity index (χ0) is 16.4. The van der Waals surface area contributed by atoms with E-state index in [9.17, 15) is 22.8 Å². The number of halogens is 3. The normalized spacial score (nSPS) is 24.2. The highest BCUT2D eigenvalue weighted by Gasteiger charge is 2.43. The number of nitrogens with zero attached hydrogens (tertiary/aromatic N) is 1. The van der Waals surface area contributed by atoms with Gasteiger partial charge in [0.2, 0.25) is 11.8 Å². The van der Waals surface area contributed by atoms with Gasteiger partial charge in [0.15, 0.2) is 0 Å². The van der Waals surface area contributed by atoms with Crippen LogP contribution in [0.1, 0.15) is 27.7 Å². The summed E-state index contributed by atoms with van der Waals surface area (Å²) in [5, 5.41) is 2.65. The molecular formula is C13H21F3N2O3. The monoisotopic (exact) mass is 310 g/mol. The second-order valence-electron chi connectivity index (χ2n) is 6.18. The van der Waals surface area contributed by atoms with Gasteiger partial charge in [0.25, 0.3) is 0 Å². The van der Waals surface area contributed by atoms with Crippen molar-refractivity contribution >= 4 is 11.8 Å². The Labute approximate surface area is 121 Å². The zero-order valence-electron chi connectivity index (χ0n) is 12.6. The van der Waals surface area contributed by atoms with E-state index in [1.165, 1.54) is 11.8 Å². The van der Waals surface area contributed by atoms with E-state index in [0.717, 1.165) is 0 Å². The molecule has 2 atom stereocenters. The maximum atomic E-state index is 12.4. The van der Waals surface area contributed by atoms with Crippen molar-refractivity contribution in [2.45, 2.75) is 46.0 Å². The first kappa shape index (κ1) is 17.7. The van der Waals surface area contributed by atoms with E-state index >= 15 is 0 Å². The second-order valence-corrected chi connectivity index (χ2v) is 6.18. The molecule has 21 heavy (non-hydrogen) atoms. The Morgan fingerprint density at radius 2 is 1.81 bits per heavy atom. The maximum absolute atomic E-state index is 12.4. The van der Waals surface area contributed by atoms with Gasteiger partial charge >= 0.3 is 6.18 Å². The van der Waals surface area contributed by atoms with Gasteiger partial charge in [-0.3, -0.25) is 9.59 Å². The van der Waals surface area contributed by atoms with Crippen molar-refractivity contribution in [2.24, 2.45) is 5.41 Å². The van der Waals surface area contributed by atoms with E-state index in [0.29, 0.717) is 0 Å². The highest BCUT2D eigenvalue weighted by molar-refractivity contribution is 5.97. The van der Waals surface area contributed by atoms with Crippen LogP contribution in [-0.4, -0.2) is 54.7 Å². The largest absolute Gasteiger partial charge is 0.411 e. The molecule has 1 fully saturated rings. The van der Waals surface area contributed by atoms with E-state index in [1.807, 2.05) is 20.8 Å². The minimum Gasteiger partial charge on any atom is -0.370 e. The molecule has 1 saturated heterocycles. The number of ether oxygens (including phenoxy) is 1. The lowest BCUT2D eigenvalue weighted by molar-refractivity contribution is -0.176. The fourth-order valence-electron chi connectivity index (χ4n) is 2.06. The third-order valence-corrected chi connectivity index (χ3v) is 3.27. The molecule has 2 amide bonds. The number of hydrogen-bond acceptors (Lipinski definition) is 3. The summed E-state index contributed by atoms with van der Waals surface area (Å²) in [5.41, 5.74) is -0.474. The maximum Gasteiger partial charge on any atom is 0.411 e. The molecule has 0 radical (unpaired) electrons. The Bertz CT molecular complexity index is 404. The van der Waals surface area contributed by atoms with Crippen molar-refractivity contribution in [2.75, 3.05) is 19.8 Å². The summed E-state index contributed by atoms with van der Waals surface area (Å²) in [6.07, 6.45) is -4.40. The molecule has 0 saturated carbocycles. The van der Waals surface area contributed by atoms with Gasteiger partial charge < -0.3 is 15.0 Å². The van der Waals surface area contributed by atoms with Gasteiger partial charge in [-0.1, -0.05) is 20.8 Å². The number of alkyl halides is 3. The molecule has 5 nitrogen and oxygen atoms in total. The van der Waals surface area contributed by atoms with Crippen molar-refractivity contribution in [3.05, 3.63) is 0 Å². The molecule has 1 heterocycles. The Morgan fingerprint density at radius 1 is 1.24 bits per heavy atom. The number of hydrogen-bond donors (Lipinski definition) is 1. The van der Waals surface area contributed by atoms with Gasteiger partial charge in [0.1, 0.15) is 18.7 Å². The molecule has 122 valence electrons. The first-order valence-electron chi connectivity index (χ1n) is 6.69. The molecule has 0 aliphatic carbocycles. The Hall–Kier alpha value is -1.31. The van der Waals surface area contributed by atoms with Crippen molar-refractivity contribution < 1.29 is 27.5 Å². The number of carbonyl (C=O) groups is 2. The van der Waals surface area contributed by atoms with Crippen LogP contribution in [-0.2, 0) is 14.3 Å². The first-order chi connectivity index (χ1) is 9.43. The predicted molar refractivity (Wildman–Crippen MR) is 69.4 cm³/mol. The fourth-order valence-corrected chi connectivity index (χ4v) is 2.06. The van der Waals surface area contributed by atoms with Crippen molar-refractivity contribution in [1.82, 2.24) is 10.2 Å². The number of piperazine rings is 1. The van der Waals surface area contributed by atoms with Crippen LogP contribution in [0.5, 0.6) is 0 Å². The van der Waals surface area contributed by atoms with Crippen LogP contribution in [0, 0.1) is 5.41 Å². The SMILES string of the molecule is CC1C(=O)NC(C(C)(C)C)C(=O)N1CCOCC(F)(F)F. The summed E-state index contributed by atoms with van der Waals surface area (Å²) in [4.78, 5) is 25.5. The minimum absolute atomic E-state index is 0.0456. The summed E-state index contributed by atoms with van der Waals surface area (Å²) in [7, 11) is 0. The van der Waals surface area contributed by atoms with E-state index in [4.69, 9.17) is 0 Å². The van der Waals surface area contributed by atoms with Gasteiger partial charge in [-0.15, -0.1) is 0 Å². The van der Waals surface area contributed by atoms with Crippen molar-refractivity contribution in [3.63, 3.8) is 0 Å². The molecule has 1 aliphatic heterocycles. The molecule has 1 N–H and O–H groups in total. The highest BCUT2D eigenvalue weighted by Crippen LogP contribution is 2.25. The molecular weight excluding hydrogens is 289 g/mol. The minimum atomic E-state index is -4.40. The number of carbonyl (C=O) groups excluding carboxylic acids is 2. The molecule has 1 rings (SSSR count). The predicted octanol–water partition coefficient (Wildman–Crippen LogP) is 1.33. The Kier molecular flexibility index (Phi) is 5.25. The second kappa shape index (κ2) is 6.21. The smallest absolute Gasteiger partial charge is 0.370 e. The number of nitrogens with one attached hydrogen (secondary N) is 1. The molecule has 0 aromatic rings. The fraction of sp³-hybridized carbons (Fsp3) is 0.846. The molecule has 1 aliphatic rings. The highest BCUT2D eigenvalue weighted by atomic mass is 19.4. The number of amides is 2.